The minimum Gasteiger partial charge on any atom is -0.309 e. The van der Waals surface area contributed by atoms with Crippen LogP contribution < -0.4 is 4.31 Å². The van der Waals surface area contributed by atoms with E-state index in [9.17, 15) is 8.42 Å². The molecule has 2 fully saturated rings. The van der Waals surface area contributed by atoms with Crippen LogP contribution in [0.15, 0.2) is 36.4 Å². The van der Waals surface area contributed by atoms with E-state index in [1.807, 2.05) is 30.3 Å². The Morgan fingerprint density at radius 2 is 2.00 bits per heavy atom. The topological polar surface area (TPSA) is 96.3 Å². The number of aromatic amines is 1. The minimum absolute atomic E-state index is 0.151. The molecule has 0 saturated carbocycles. The molecule has 0 unspecified atom stereocenters. The van der Waals surface area contributed by atoms with Gasteiger partial charge in [-0.2, -0.15) is 23.1 Å². The van der Waals surface area contributed by atoms with Crippen LogP contribution in [-0.4, -0.2) is 60.0 Å². The van der Waals surface area contributed by atoms with Gasteiger partial charge in [-0.3, -0.25) is 5.10 Å². The van der Waals surface area contributed by atoms with Crippen molar-refractivity contribution in [1.82, 2.24) is 19.4 Å². The van der Waals surface area contributed by atoms with Gasteiger partial charge in [0.05, 0.1) is 12.2 Å². The number of nitrogens with zero attached hydrogens (tertiary/aromatic N) is 5. The highest BCUT2D eigenvalue weighted by molar-refractivity contribution is 7.90. The molecule has 2 aromatic rings. The zero-order chi connectivity index (χ0) is 17.4. The van der Waals surface area contributed by atoms with Gasteiger partial charge in [-0.05, 0) is 12.0 Å². The number of nitrogens with one attached hydrogen (secondary N) is 1. The third-order valence-corrected chi connectivity index (χ3v) is 6.72. The SMILES string of the molecule is N#CN1CC[C@@H](N2CCN(c3cc(-c4ccccc4)[nH]n3)S2(=O)=O)C1. The van der Waals surface area contributed by atoms with Crippen LogP contribution in [0.2, 0.25) is 0 Å². The van der Waals surface area contributed by atoms with Crippen molar-refractivity contribution in [3.05, 3.63) is 36.4 Å². The Hall–Kier alpha value is -2.57. The van der Waals surface area contributed by atoms with E-state index in [2.05, 4.69) is 16.4 Å². The Morgan fingerprint density at radius 1 is 1.20 bits per heavy atom. The van der Waals surface area contributed by atoms with Crippen molar-refractivity contribution in [2.24, 2.45) is 0 Å². The van der Waals surface area contributed by atoms with Crippen LogP contribution in [0.3, 0.4) is 0 Å². The molecule has 2 aliphatic heterocycles. The number of benzene rings is 1. The molecule has 0 radical (unpaired) electrons. The van der Waals surface area contributed by atoms with Gasteiger partial charge in [-0.25, -0.2) is 4.31 Å². The average Bonchev–Trinajstić information content (AvgIpc) is 3.33. The van der Waals surface area contributed by atoms with Crippen molar-refractivity contribution < 1.29 is 8.42 Å². The molecule has 1 atom stereocenters. The van der Waals surface area contributed by atoms with Crippen LogP contribution in [-0.2, 0) is 10.2 Å². The standard InChI is InChI=1S/C16H18N6O2S/c17-12-20-7-6-14(11-20)21-8-9-22(25(21,23)24)16-10-15(18-19-16)13-4-2-1-3-5-13/h1-5,10,14H,6-9,11H2,(H,18,19)/t14-/m1/s1. The molecule has 0 spiro atoms. The lowest BCUT2D eigenvalue weighted by atomic mass is 10.2. The zero-order valence-corrected chi connectivity index (χ0v) is 14.4. The third-order valence-electron chi connectivity index (χ3n) is 4.72. The van der Waals surface area contributed by atoms with E-state index in [0.717, 1.165) is 11.3 Å². The molecule has 25 heavy (non-hydrogen) atoms. The predicted molar refractivity (Wildman–Crippen MR) is 92.6 cm³/mol. The van der Waals surface area contributed by atoms with E-state index in [0.29, 0.717) is 38.4 Å². The molecule has 1 aromatic carbocycles. The second-order valence-electron chi connectivity index (χ2n) is 6.18. The Kier molecular flexibility index (Phi) is 3.86. The molecule has 1 aromatic heterocycles. The molecule has 0 amide bonds. The lowest BCUT2D eigenvalue weighted by molar-refractivity contribution is 0.345. The van der Waals surface area contributed by atoms with Crippen LogP contribution in [0.1, 0.15) is 6.42 Å². The van der Waals surface area contributed by atoms with Crippen LogP contribution in [0.4, 0.5) is 5.82 Å². The maximum absolute atomic E-state index is 12.9. The molecular weight excluding hydrogens is 340 g/mol. The van der Waals surface area contributed by atoms with Crippen molar-refractivity contribution >= 4 is 16.0 Å². The van der Waals surface area contributed by atoms with Gasteiger partial charge in [-0.15, -0.1) is 0 Å². The highest BCUT2D eigenvalue weighted by atomic mass is 32.2. The highest BCUT2D eigenvalue weighted by Gasteiger charge is 2.43. The Labute approximate surface area is 146 Å². The van der Waals surface area contributed by atoms with E-state index >= 15 is 0 Å². The molecular formula is C16H18N6O2S. The number of nitriles is 1. The van der Waals surface area contributed by atoms with Crippen molar-refractivity contribution in [3.8, 4) is 17.5 Å². The van der Waals surface area contributed by atoms with Crippen molar-refractivity contribution in [3.63, 3.8) is 0 Å². The summed E-state index contributed by atoms with van der Waals surface area (Å²) >= 11 is 0. The van der Waals surface area contributed by atoms with Gasteiger partial charge in [0.15, 0.2) is 12.0 Å². The first-order valence-electron chi connectivity index (χ1n) is 8.14. The summed E-state index contributed by atoms with van der Waals surface area (Å²) in [6.45, 7) is 1.84. The maximum atomic E-state index is 12.9. The fourth-order valence-electron chi connectivity index (χ4n) is 3.42. The first kappa shape index (κ1) is 15.9. The molecule has 8 nitrogen and oxygen atoms in total. The van der Waals surface area contributed by atoms with Crippen molar-refractivity contribution in [2.75, 3.05) is 30.5 Å². The molecule has 9 heteroatoms. The summed E-state index contributed by atoms with van der Waals surface area (Å²) in [6, 6.07) is 11.3. The second-order valence-corrected chi connectivity index (χ2v) is 7.99. The summed E-state index contributed by atoms with van der Waals surface area (Å²) in [7, 11) is -3.62. The number of anilines is 1. The first-order chi connectivity index (χ1) is 12.1. The summed E-state index contributed by atoms with van der Waals surface area (Å²) < 4.78 is 28.7. The lowest BCUT2D eigenvalue weighted by Gasteiger charge is -2.23. The molecule has 130 valence electrons. The normalized spacial score (nSPS) is 23.1. The molecule has 1 N–H and O–H groups in total. The molecule has 0 aliphatic carbocycles. The smallest absolute Gasteiger partial charge is 0.305 e. The molecule has 2 saturated heterocycles. The molecule has 2 aliphatic rings. The van der Waals surface area contributed by atoms with Crippen LogP contribution >= 0.6 is 0 Å². The maximum Gasteiger partial charge on any atom is 0.305 e. The Morgan fingerprint density at radius 3 is 2.72 bits per heavy atom. The van der Waals surface area contributed by atoms with Crippen LogP contribution in [0.5, 0.6) is 0 Å². The van der Waals surface area contributed by atoms with Crippen LogP contribution in [0, 0.1) is 11.5 Å². The fraction of sp³-hybridized carbons (Fsp3) is 0.375. The monoisotopic (exact) mass is 358 g/mol. The summed E-state index contributed by atoms with van der Waals surface area (Å²) in [6.07, 6.45) is 2.77. The highest BCUT2D eigenvalue weighted by Crippen LogP contribution is 2.30. The van der Waals surface area contributed by atoms with E-state index in [4.69, 9.17) is 5.26 Å². The van der Waals surface area contributed by atoms with Crippen molar-refractivity contribution in [2.45, 2.75) is 12.5 Å². The third kappa shape index (κ3) is 2.73. The quantitative estimate of drug-likeness (QED) is 0.826. The number of hydrogen-bond donors (Lipinski definition) is 1. The number of rotatable bonds is 3. The van der Waals surface area contributed by atoms with Gasteiger partial charge in [-0.1, -0.05) is 30.3 Å². The summed E-state index contributed by atoms with van der Waals surface area (Å²) in [4.78, 5) is 1.60. The molecule has 0 bridgehead atoms. The van der Waals surface area contributed by atoms with Gasteiger partial charge in [0.25, 0.3) is 0 Å². The number of hydrogen-bond acceptors (Lipinski definition) is 5. The van der Waals surface area contributed by atoms with E-state index in [-0.39, 0.29) is 6.04 Å². The molecule has 3 heterocycles. The molecule has 4 rings (SSSR count). The van der Waals surface area contributed by atoms with Gasteiger partial charge in [0.1, 0.15) is 0 Å². The van der Waals surface area contributed by atoms with Gasteiger partial charge in [0.2, 0.25) is 0 Å². The Bertz CT molecular complexity index is 904. The first-order valence-corrected chi connectivity index (χ1v) is 9.54. The largest absolute Gasteiger partial charge is 0.309 e. The summed E-state index contributed by atoms with van der Waals surface area (Å²) in [5, 5.41) is 16.1. The van der Waals surface area contributed by atoms with Crippen LogP contribution in [0.25, 0.3) is 11.3 Å². The minimum atomic E-state index is -3.62. The van der Waals surface area contributed by atoms with E-state index in [1.54, 1.807) is 11.0 Å². The number of H-pyrrole nitrogens is 1. The second kappa shape index (κ2) is 6.06. The fourth-order valence-corrected chi connectivity index (χ4v) is 5.18. The lowest BCUT2D eigenvalue weighted by Crippen LogP contribution is -2.41. The van der Waals surface area contributed by atoms with Crippen molar-refractivity contribution in [1.29, 1.82) is 5.26 Å². The average molecular weight is 358 g/mol. The Balaban J connectivity index is 1.57. The number of aromatic nitrogens is 2. The summed E-state index contributed by atoms with van der Waals surface area (Å²) in [5.41, 5.74) is 1.73. The summed E-state index contributed by atoms with van der Waals surface area (Å²) in [5.74, 6) is 0.400. The number of likely N-dealkylation sites (tertiary alicyclic amines) is 1. The zero-order valence-electron chi connectivity index (χ0n) is 13.5. The van der Waals surface area contributed by atoms with E-state index < -0.39 is 10.2 Å². The van der Waals surface area contributed by atoms with E-state index in [1.165, 1.54) is 8.61 Å². The van der Waals surface area contributed by atoms with Gasteiger partial charge in [0, 0.05) is 31.7 Å². The van der Waals surface area contributed by atoms with Gasteiger partial charge < -0.3 is 4.90 Å². The van der Waals surface area contributed by atoms with Gasteiger partial charge >= 0.3 is 10.2 Å². The predicted octanol–water partition coefficient (Wildman–Crippen LogP) is 0.999.